The first-order chi connectivity index (χ1) is 9.03. The highest BCUT2D eigenvalue weighted by molar-refractivity contribution is 9.10. The molecule has 1 heterocycles. The molecule has 106 valence electrons. The molecule has 1 aliphatic rings. The molecule has 0 radical (unpaired) electrons. The van der Waals surface area contributed by atoms with E-state index in [0.29, 0.717) is 10.2 Å². The molecule has 1 saturated heterocycles. The fourth-order valence-electron chi connectivity index (χ4n) is 1.98. The van der Waals surface area contributed by atoms with Gasteiger partial charge in [0, 0.05) is 16.3 Å². The summed E-state index contributed by atoms with van der Waals surface area (Å²) in [6.45, 7) is 0. The molecule has 0 aliphatic carbocycles. The second-order valence-corrected chi connectivity index (χ2v) is 8.08. The Morgan fingerprint density at radius 2 is 2.26 bits per heavy atom. The highest BCUT2D eigenvalue weighted by Gasteiger charge is 2.25. The minimum atomic E-state index is -3.54. The number of rotatable bonds is 4. The lowest BCUT2D eigenvalue weighted by Gasteiger charge is -2.22. The third-order valence-electron chi connectivity index (χ3n) is 2.90. The van der Waals surface area contributed by atoms with E-state index in [1.54, 1.807) is 30.0 Å². The second-order valence-electron chi connectivity index (χ2n) is 4.33. The molecule has 2 rings (SSSR count). The molecule has 0 amide bonds. The van der Waals surface area contributed by atoms with E-state index in [-0.39, 0.29) is 10.9 Å². The predicted molar refractivity (Wildman–Crippen MR) is 81.4 cm³/mol. The van der Waals surface area contributed by atoms with Gasteiger partial charge in [0.2, 0.25) is 10.0 Å². The Balaban J connectivity index is 2.25. The van der Waals surface area contributed by atoms with Crippen molar-refractivity contribution in [1.82, 2.24) is 4.72 Å². The van der Waals surface area contributed by atoms with Crippen molar-refractivity contribution in [3.05, 3.63) is 22.7 Å². The van der Waals surface area contributed by atoms with E-state index < -0.39 is 10.0 Å². The van der Waals surface area contributed by atoms with Crippen LogP contribution in [0.15, 0.2) is 27.6 Å². The number of nitrogens with one attached hydrogen (secondary N) is 1. The first-order valence-corrected chi connectivity index (χ1v) is 9.39. The summed E-state index contributed by atoms with van der Waals surface area (Å²) >= 11 is 5.08. The quantitative estimate of drug-likeness (QED) is 0.890. The van der Waals surface area contributed by atoms with Crippen LogP contribution in [0.2, 0.25) is 0 Å². The van der Waals surface area contributed by atoms with Gasteiger partial charge in [0.05, 0.1) is 7.11 Å². The van der Waals surface area contributed by atoms with Gasteiger partial charge in [-0.1, -0.05) is 15.9 Å². The lowest BCUT2D eigenvalue weighted by molar-refractivity contribution is 0.402. The Morgan fingerprint density at radius 3 is 2.89 bits per heavy atom. The Bertz CT molecular complexity index is 542. The summed E-state index contributed by atoms with van der Waals surface area (Å²) in [6, 6.07) is 4.98. The fraction of sp³-hybridized carbons (Fsp3) is 0.500. The highest BCUT2D eigenvalue weighted by Crippen LogP contribution is 2.28. The summed E-state index contributed by atoms with van der Waals surface area (Å²) in [7, 11) is -2.07. The highest BCUT2D eigenvalue weighted by atomic mass is 79.9. The zero-order chi connectivity index (χ0) is 13.9. The molecule has 1 aliphatic heterocycles. The number of hydrogen-bond donors (Lipinski definition) is 1. The number of halogens is 1. The molecule has 0 bridgehead atoms. The lowest BCUT2D eigenvalue weighted by atomic mass is 10.2. The van der Waals surface area contributed by atoms with E-state index in [4.69, 9.17) is 4.74 Å². The van der Waals surface area contributed by atoms with Gasteiger partial charge in [0.25, 0.3) is 0 Å². The van der Waals surface area contributed by atoms with Crippen LogP contribution in [0.25, 0.3) is 0 Å². The van der Waals surface area contributed by atoms with E-state index >= 15 is 0 Å². The Morgan fingerprint density at radius 1 is 1.47 bits per heavy atom. The van der Waals surface area contributed by atoms with Gasteiger partial charge in [-0.25, -0.2) is 13.1 Å². The van der Waals surface area contributed by atoms with Crippen LogP contribution in [0.3, 0.4) is 0 Å². The van der Waals surface area contributed by atoms with Gasteiger partial charge >= 0.3 is 0 Å². The summed E-state index contributed by atoms with van der Waals surface area (Å²) < 4.78 is 33.4. The monoisotopic (exact) mass is 365 g/mol. The molecule has 1 unspecified atom stereocenters. The van der Waals surface area contributed by atoms with Crippen molar-refractivity contribution in [2.45, 2.75) is 23.8 Å². The first kappa shape index (κ1) is 15.2. The van der Waals surface area contributed by atoms with Gasteiger partial charge in [0.1, 0.15) is 10.6 Å². The van der Waals surface area contributed by atoms with Crippen molar-refractivity contribution in [3.8, 4) is 5.75 Å². The van der Waals surface area contributed by atoms with E-state index in [1.165, 1.54) is 7.11 Å². The fourth-order valence-corrected chi connectivity index (χ4v) is 5.13. The van der Waals surface area contributed by atoms with Crippen LogP contribution >= 0.6 is 27.7 Å². The molecule has 0 spiro atoms. The van der Waals surface area contributed by atoms with Crippen molar-refractivity contribution in [3.63, 3.8) is 0 Å². The molecule has 1 aromatic carbocycles. The average molecular weight is 366 g/mol. The zero-order valence-corrected chi connectivity index (χ0v) is 13.8. The predicted octanol–water partition coefficient (Wildman–Crippen LogP) is 2.63. The van der Waals surface area contributed by atoms with Crippen molar-refractivity contribution in [2.75, 3.05) is 18.6 Å². The summed E-state index contributed by atoms with van der Waals surface area (Å²) in [5.41, 5.74) is 0. The standard InChI is InChI=1S/C12H16BrNO3S2/c1-17-11-5-4-9(13)7-12(11)19(15,16)14-10-3-2-6-18-8-10/h4-5,7,10,14H,2-3,6,8H2,1H3. The number of methoxy groups -OCH3 is 1. The van der Waals surface area contributed by atoms with E-state index in [0.717, 1.165) is 24.3 Å². The van der Waals surface area contributed by atoms with Gasteiger partial charge in [-0.3, -0.25) is 0 Å². The molecule has 19 heavy (non-hydrogen) atoms. The van der Waals surface area contributed by atoms with Crippen LogP contribution < -0.4 is 9.46 Å². The minimum Gasteiger partial charge on any atom is -0.495 e. The van der Waals surface area contributed by atoms with Crippen molar-refractivity contribution >= 4 is 37.7 Å². The topological polar surface area (TPSA) is 55.4 Å². The van der Waals surface area contributed by atoms with Crippen LogP contribution in [-0.2, 0) is 10.0 Å². The van der Waals surface area contributed by atoms with Crippen molar-refractivity contribution in [2.24, 2.45) is 0 Å². The van der Waals surface area contributed by atoms with Gasteiger partial charge in [-0.05, 0) is 36.8 Å². The van der Waals surface area contributed by atoms with Crippen LogP contribution in [0.5, 0.6) is 5.75 Å². The Hall–Kier alpha value is -0.240. The summed E-state index contributed by atoms with van der Waals surface area (Å²) in [4.78, 5) is 0.181. The van der Waals surface area contributed by atoms with Crippen LogP contribution in [0.4, 0.5) is 0 Å². The van der Waals surface area contributed by atoms with Gasteiger partial charge in [-0.15, -0.1) is 0 Å². The first-order valence-electron chi connectivity index (χ1n) is 5.96. The molecule has 1 fully saturated rings. The van der Waals surface area contributed by atoms with Crippen LogP contribution in [0.1, 0.15) is 12.8 Å². The largest absolute Gasteiger partial charge is 0.495 e. The van der Waals surface area contributed by atoms with Crippen LogP contribution in [0, 0.1) is 0 Å². The van der Waals surface area contributed by atoms with Gasteiger partial charge < -0.3 is 4.74 Å². The maximum atomic E-state index is 12.4. The van der Waals surface area contributed by atoms with Gasteiger partial charge in [-0.2, -0.15) is 11.8 Å². The van der Waals surface area contributed by atoms with E-state index in [1.807, 2.05) is 0 Å². The molecule has 1 N–H and O–H groups in total. The zero-order valence-electron chi connectivity index (χ0n) is 10.6. The molecular formula is C12H16BrNO3S2. The minimum absolute atomic E-state index is 0.00689. The summed E-state index contributed by atoms with van der Waals surface area (Å²) in [6.07, 6.45) is 1.94. The Labute approximate surface area is 126 Å². The van der Waals surface area contributed by atoms with Crippen LogP contribution in [-0.4, -0.2) is 33.1 Å². The molecule has 1 atom stereocenters. The number of sulfonamides is 1. The SMILES string of the molecule is COc1ccc(Br)cc1S(=O)(=O)NC1CCCSC1. The maximum Gasteiger partial charge on any atom is 0.244 e. The lowest BCUT2D eigenvalue weighted by Crippen LogP contribution is -2.38. The maximum absolute atomic E-state index is 12.4. The molecule has 0 saturated carbocycles. The average Bonchev–Trinajstić information content (AvgIpc) is 2.39. The molecule has 0 aromatic heterocycles. The number of benzene rings is 1. The van der Waals surface area contributed by atoms with Gasteiger partial charge in [0.15, 0.2) is 0 Å². The molecule has 4 nitrogen and oxygen atoms in total. The van der Waals surface area contributed by atoms with Crippen molar-refractivity contribution in [1.29, 1.82) is 0 Å². The Kier molecular flexibility index (Phi) is 5.16. The van der Waals surface area contributed by atoms with E-state index in [9.17, 15) is 8.42 Å². The number of thioether (sulfide) groups is 1. The van der Waals surface area contributed by atoms with E-state index in [2.05, 4.69) is 20.7 Å². The summed E-state index contributed by atoms with van der Waals surface area (Å²) in [5, 5.41) is 0. The normalized spacial score (nSPS) is 20.2. The molecule has 1 aromatic rings. The third kappa shape index (κ3) is 3.87. The smallest absolute Gasteiger partial charge is 0.244 e. The third-order valence-corrected chi connectivity index (χ3v) is 6.15. The molecular weight excluding hydrogens is 350 g/mol. The second kappa shape index (κ2) is 6.47. The van der Waals surface area contributed by atoms with Crippen molar-refractivity contribution < 1.29 is 13.2 Å². The number of hydrogen-bond acceptors (Lipinski definition) is 4. The number of ether oxygens (including phenoxy) is 1. The summed E-state index contributed by atoms with van der Waals surface area (Å²) in [5.74, 6) is 2.30. The molecule has 7 heteroatoms.